The minimum Gasteiger partial charge on any atom is -0.207 e. The zero-order chi connectivity index (χ0) is 17.7. The first-order valence-electron chi connectivity index (χ1n) is 8.24. The molecule has 3 aromatic carbocycles. The van der Waals surface area contributed by atoms with Crippen molar-refractivity contribution in [2.45, 2.75) is 13.8 Å². The third-order valence-corrected chi connectivity index (χ3v) is 4.91. The van der Waals surface area contributed by atoms with Crippen molar-refractivity contribution in [3.05, 3.63) is 77.4 Å². The highest BCUT2D eigenvalue weighted by Crippen LogP contribution is 2.38. The fourth-order valence-corrected chi connectivity index (χ4v) is 3.75. The van der Waals surface area contributed by atoms with Gasteiger partial charge in [0.1, 0.15) is 18.7 Å². The monoisotopic (exact) mass is 334 g/mol. The molecule has 1 aromatic heterocycles. The average Bonchev–Trinajstić information content (AvgIpc) is 2.57. The Labute approximate surface area is 145 Å². The second-order valence-electron chi connectivity index (χ2n) is 6.52. The van der Waals surface area contributed by atoms with E-state index in [2.05, 4.69) is 0 Å². The molecule has 25 heavy (non-hydrogen) atoms. The topological polar surface area (TPSA) is 3.88 Å². The Kier molecular flexibility index (Phi) is 3.53. The molecule has 0 amide bonds. The summed E-state index contributed by atoms with van der Waals surface area (Å²) in [6.07, 6.45) is 0. The normalized spacial score (nSPS) is 11.4. The third-order valence-electron chi connectivity index (χ3n) is 4.91. The van der Waals surface area contributed by atoms with Gasteiger partial charge in [-0.05, 0) is 54.8 Å². The summed E-state index contributed by atoms with van der Waals surface area (Å²) in [7, 11) is 1.93. The van der Waals surface area contributed by atoms with Crippen LogP contribution in [0.15, 0.2) is 54.6 Å². The lowest BCUT2D eigenvalue weighted by molar-refractivity contribution is -0.617. The van der Waals surface area contributed by atoms with E-state index in [1.807, 2.05) is 43.7 Å². The van der Waals surface area contributed by atoms with E-state index in [4.69, 9.17) is 0 Å². The van der Waals surface area contributed by atoms with Crippen molar-refractivity contribution in [1.29, 1.82) is 0 Å². The number of aryl methyl sites for hydroxylation is 3. The molecular weight excluding hydrogens is 316 g/mol. The fourth-order valence-electron chi connectivity index (χ4n) is 3.75. The van der Waals surface area contributed by atoms with Crippen LogP contribution in [0.4, 0.5) is 8.78 Å². The van der Waals surface area contributed by atoms with Crippen LogP contribution in [-0.2, 0) is 7.05 Å². The molecule has 124 valence electrons. The molecule has 0 aliphatic rings. The van der Waals surface area contributed by atoms with Crippen LogP contribution in [0.25, 0.3) is 32.9 Å². The summed E-state index contributed by atoms with van der Waals surface area (Å²) in [5.74, 6) is -0.591. The van der Waals surface area contributed by atoms with Gasteiger partial charge in [0.05, 0.1) is 10.8 Å². The van der Waals surface area contributed by atoms with Crippen molar-refractivity contribution in [2.75, 3.05) is 0 Å². The van der Waals surface area contributed by atoms with Crippen LogP contribution in [0.2, 0.25) is 0 Å². The standard InChI is InChI=1S/C22H18F2N/c1-13-5-4-6-14(2)21(13)22-17-11-15(23)7-9-19(17)25(3)20-10-8-16(24)12-18(20)22/h4-12H,1-3H3/q+1. The predicted octanol–water partition coefficient (Wildman–Crippen LogP) is 5.38. The van der Waals surface area contributed by atoms with Gasteiger partial charge in [0.15, 0.2) is 0 Å². The number of rotatable bonds is 1. The molecule has 0 bridgehead atoms. The summed E-state index contributed by atoms with van der Waals surface area (Å²) in [6, 6.07) is 15.6. The van der Waals surface area contributed by atoms with Gasteiger partial charge in [-0.3, -0.25) is 0 Å². The molecule has 0 radical (unpaired) electrons. The average molecular weight is 334 g/mol. The molecule has 0 aliphatic heterocycles. The minimum atomic E-state index is -0.296. The van der Waals surface area contributed by atoms with Crippen molar-refractivity contribution < 1.29 is 13.3 Å². The number of aromatic nitrogens is 1. The number of hydrogen-bond donors (Lipinski definition) is 0. The number of hydrogen-bond acceptors (Lipinski definition) is 0. The van der Waals surface area contributed by atoms with E-state index in [0.717, 1.165) is 44.1 Å². The quantitative estimate of drug-likeness (QED) is 0.325. The Balaban J connectivity index is 2.33. The minimum absolute atomic E-state index is 0.296. The van der Waals surface area contributed by atoms with Gasteiger partial charge in [-0.15, -0.1) is 0 Å². The molecule has 0 unspecified atom stereocenters. The maximum Gasteiger partial charge on any atom is 0.213 e. The molecule has 3 heteroatoms. The van der Waals surface area contributed by atoms with E-state index >= 15 is 0 Å². The zero-order valence-corrected chi connectivity index (χ0v) is 14.4. The van der Waals surface area contributed by atoms with E-state index in [9.17, 15) is 8.78 Å². The van der Waals surface area contributed by atoms with Crippen LogP contribution in [0.5, 0.6) is 0 Å². The third kappa shape index (κ3) is 2.39. The predicted molar refractivity (Wildman–Crippen MR) is 97.5 cm³/mol. The molecule has 0 saturated carbocycles. The van der Waals surface area contributed by atoms with E-state index in [0.29, 0.717) is 0 Å². The van der Waals surface area contributed by atoms with Crippen molar-refractivity contribution in [2.24, 2.45) is 7.05 Å². The summed E-state index contributed by atoms with van der Waals surface area (Å²) in [4.78, 5) is 0. The van der Waals surface area contributed by atoms with Gasteiger partial charge in [-0.1, -0.05) is 18.2 Å². The lowest BCUT2D eigenvalue weighted by atomic mass is 9.90. The lowest BCUT2D eigenvalue weighted by Crippen LogP contribution is -2.30. The van der Waals surface area contributed by atoms with E-state index in [-0.39, 0.29) is 11.6 Å². The Hall–Kier alpha value is -2.81. The first kappa shape index (κ1) is 15.7. The number of fused-ring (bicyclic) bond motifs is 2. The highest BCUT2D eigenvalue weighted by molar-refractivity contribution is 6.08. The largest absolute Gasteiger partial charge is 0.213 e. The molecule has 4 aromatic rings. The van der Waals surface area contributed by atoms with Crippen LogP contribution >= 0.6 is 0 Å². The summed E-state index contributed by atoms with van der Waals surface area (Å²) in [5, 5.41) is 1.58. The number of pyridine rings is 1. The van der Waals surface area contributed by atoms with E-state index in [1.165, 1.54) is 12.1 Å². The van der Waals surface area contributed by atoms with Crippen LogP contribution in [0, 0.1) is 25.5 Å². The Morgan fingerprint density at radius 1 is 0.680 bits per heavy atom. The van der Waals surface area contributed by atoms with Crippen LogP contribution in [0.3, 0.4) is 0 Å². The molecule has 0 saturated heterocycles. The molecule has 0 atom stereocenters. The maximum absolute atomic E-state index is 14.1. The zero-order valence-electron chi connectivity index (χ0n) is 14.4. The van der Waals surface area contributed by atoms with Crippen LogP contribution in [-0.4, -0.2) is 0 Å². The highest BCUT2D eigenvalue weighted by atomic mass is 19.1. The van der Waals surface area contributed by atoms with Crippen LogP contribution in [0.1, 0.15) is 11.1 Å². The first-order valence-corrected chi connectivity index (χ1v) is 8.24. The van der Waals surface area contributed by atoms with Crippen molar-refractivity contribution in [3.8, 4) is 11.1 Å². The van der Waals surface area contributed by atoms with Gasteiger partial charge < -0.3 is 0 Å². The second-order valence-corrected chi connectivity index (χ2v) is 6.52. The molecule has 1 heterocycles. The van der Waals surface area contributed by atoms with Crippen LogP contribution < -0.4 is 4.57 Å². The first-order chi connectivity index (χ1) is 12.0. The van der Waals surface area contributed by atoms with Gasteiger partial charge >= 0.3 is 0 Å². The summed E-state index contributed by atoms with van der Waals surface area (Å²) < 4.78 is 30.1. The van der Waals surface area contributed by atoms with Crippen molar-refractivity contribution in [1.82, 2.24) is 0 Å². The number of halogens is 2. The maximum atomic E-state index is 14.1. The molecule has 0 aliphatic carbocycles. The molecular formula is C22H18F2N+. The van der Waals surface area contributed by atoms with Gasteiger partial charge in [-0.2, -0.15) is 4.57 Å². The van der Waals surface area contributed by atoms with E-state index < -0.39 is 0 Å². The van der Waals surface area contributed by atoms with Crippen molar-refractivity contribution in [3.63, 3.8) is 0 Å². The number of benzene rings is 3. The van der Waals surface area contributed by atoms with Crippen molar-refractivity contribution >= 4 is 21.8 Å². The second kappa shape index (κ2) is 5.62. The Morgan fingerprint density at radius 2 is 1.16 bits per heavy atom. The van der Waals surface area contributed by atoms with Gasteiger partial charge in [0.25, 0.3) is 0 Å². The van der Waals surface area contributed by atoms with Gasteiger partial charge in [0.2, 0.25) is 11.0 Å². The smallest absolute Gasteiger partial charge is 0.207 e. The molecule has 0 spiro atoms. The van der Waals surface area contributed by atoms with Gasteiger partial charge in [-0.25, -0.2) is 8.78 Å². The lowest BCUT2D eigenvalue weighted by Gasteiger charge is -2.15. The molecule has 4 rings (SSSR count). The Morgan fingerprint density at radius 3 is 1.64 bits per heavy atom. The molecule has 0 fully saturated rings. The molecule has 0 N–H and O–H groups in total. The number of nitrogens with zero attached hydrogens (tertiary/aromatic N) is 1. The van der Waals surface area contributed by atoms with E-state index in [1.54, 1.807) is 24.3 Å². The molecule has 1 nitrogen and oxygen atoms in total. The fraction of sp³-hybridized carbons (Fsp3) is 0.136. The highest BCUT2D eigenvalue weighted by Gasteiger charge is 2.22. The summed E-state index contributed by atoms with van der Waals surface area (Å²) >= 11 is 0. The van der Waals surface area contributed by atoms with Gasteiger partial charge in [0, 0.05) is 17.7 Å². The summed E-state index contributed by atoms with van der Waals surface area (Å²) in [6.45, 7) is 4.07. The SMILES string of the molecule is Cc1cccc(C)c1-c1c2cc(F)ccc2[n+](C)c2ccc(F)cc12. The summed E-state index contributed by atoms with van der Waals surface area (Å²) in [5.41, 5.74) is 5.93. The Bertz CT molecular complexity index is 1060.